The van der Waals surface area contributed by atoms with Gasteiger partial charge < -0.3 is 9.15 Å². The standard InChI is InChI=1S/C17H19NO5/c1-2-7-13-8-3-4-9-14(13)15(10-5-6-11-21-12-19)16-18-23-17(20)22-16/h2-4,8-9,12,15H,1,5-7,10-11H2. The topological polar surface area (TPSA) is 82.5 Å². The lowest BCUT2D eigenvalue weighted by Gasteiger charge is -2.16. The maximum Gasteiger partial charge on any atom is 0.542 e. The van der Waals surface area contributed by atoms with E-state index in [9.17, 15) is 9.59 Å². The second-order valence-electron chi connectivity index (χ2n) is 5.08. The van der Waals surface area contributed by atoms with Crippen LogP contribution in [0.5, 0.6) is 0 Å². The smallest absolute Gasteiger partial charge is 0.468 e. The molecular formula is C17H19NO5. The molecule has 1 aromatic heterocycles. The first-order valence-corrected chi connectivity index (χ1v) is 7.47. The number of allylic oxidation sites excluding steroid dienone is 1. The molecule has 23 heavy (non-hydrogen) atoms. The van der Waals surface area contributed by atoms with Gasteiger partial charge in [0.15, 0.2) is 0 Å². The van der Waals surface area contributed by atoms with Gasteiger partial charge in [0.2, 0.25) is 5.89 Å². The third-order valence-corrected chi connectivity index (χ3v) is 3.56. The van der Waals surface area contributed by atoms with Crippen LogP contribution in [0.3, 0.4) is 0 Å². The molecule has 0 bridgehead atoms. The quantitative estimate of drug-likeness (QED) is 0.381. The fourth-order valence-corrected chi connectivity index (χ4v) is 2.55. The molecule has 6 heteroatoms. The third kappa shape index (κ3) is 4.67. The molecule has 0 aliphatic heterocycles. The summed E-state index contributed by atoms with van der Waals surface area (Å²) in [6.07, 6.45) is 4.75. The molecule has 1 unspecified atom stereocenters. The fraction of sp³-hybridized carbons (Fsp3) is 0.353. The normalized spacial score (nSPS) is 11.8. The van der Waals surface area contributed by atoms with Crippen molar-refractivity contribution in [3.63, 3.8) is 0 Å². The van der Waals surface area contributed by atoms with Gasteiger partial charge in [-0.05, 0) is 42.0 Å². The highest BCUT2D eigenvalue weighted by Crippen LogP contribution is 2.31. The van der Waals surface area contributed by atoms with Crippen LogP contribution in [0.4, 0.5) is 0 Å². The summed E-state index contributed by atoms with van der Waals surface area (Å²) in [6.45, 7) is 4.58. The van der Waals surface area contributed by atoms with E-state index in [4.69, 9.17) is 9.15 Å². The van der Waals surface area contributed by atoms with Gasteiger partial charge >= 0.3 is 5.82 Å². The fourth-order valence-electron chi connectivity index (χ4n) is 2.55. The Bertz CT molecular complexity index is 688. The van der Waals surface area contributed by atoms with E-state index in [2.05, 4.69) is 16.3 Å². The van der Waals surface area contributed by atoms with Crippen LogP contribution < -0.4 is 5.82 Å². The highest BCUT2D eigenvalue weighted by atomic mass is 16.6. The Morgan fingerprint density at radius 2 is 2.13 bits per heavy atom. The van der Waals surface area contributed by atoms with Gasteiger partial charge in [-0.3, -0.25) is 9.32 Å². The lowest BCUT2D eigenvalue weighted by Crippen LogP contribution is -2.06. The minimum Gasteiger partial charge on any atom is -0.468 e. The predicted molar refractivity (Wildman–Crippen MR) is 83.1 cm³/mol. The predicted octanol–water partition coefficient (Wildman–Crippen LogP) is 2.83. The van der Waals surface area contributed by atoms with Gasteiger partial charge in [0, 0.05) is 0 Å². The molecule has 0 radical (unpaired) electrons. The molecule has 6 nitrogen and oxygen atoms in total. The molecule has 1 aromatic carbocycles. The van der Waals surface area contributed by atoms with E-state index in [-0.39, 0.29) is 11.8 Å². The van der Waals surface area contributed by atoms with Crippen molar-refractivity contribution in [3.05, 3.63) is 64.6 Å². The van der Waals surface area contributed by atoms with Gasteiger partial charge in [-0.15, -0.1) is 6.58 Å². The Hall–Kier alpha value is -2.63. The van der Waals surface area contributed by atoms with Gasteiger partial charge in [-0.2, -0.15) is 0 Å². The van der Waals surface area contributed by atoms with Crippen molar-refractivity contribution in [2.75, 3.05) is 6.61 Å². The van der Waals surface area contributed by atoms with E-state index in [0.717, 1.165) is 24.0 Å². The Labute approximate surface area is 133 Å². The van der Waals surface area contributed by atoms with Gasteiger partial charge in [-0.1, -0.05) is 30.3 Å². The molecule has 0 spiro atoms. The van der Waals surface area contributed by atoms with E-state index in [1.54, 1.807) is 0 Å². The second-order valence-corrected chi connectivity index (χ2v) is 5.08. The van der Waals surface area contributed by atoms with E-state index < -0.39 is 5.82 Å². The van der Waals surface area contributed by atoms with Crippen LogP contribution in [-0.4, -0.2) is 18.2 Å². The molecule has 2 rings (SSSR count). The summed E-state index contributed by atoms with van der Waals surface area (Å²) >= 11 is 0. The maximum absolute atomic E-state index is 11.2. The summed E-state index contributed by atoms with van der Waals surface area (Å²) in [6, 6.07) is 7.89. The van der Waals surface area contributed by atoms with E-state index in [0.29, 0.717) is 25.9 Å². The molecular weight excluding hydrogens is 298 g/mol. The lowest BCUT2D eigenvalue weighted by atomic mass is 9.88. The molecule has 2 aromatic rings. The Balaban J connectivity index is 2.21. The number of carbonyl (C=O) groups excluding carboxylic acids is 1. The average Bonchev–Trinajstić information content (AvgIpc) is 2.98. The van der Waals surface area contributed by atoms with E-state index in [1.165, 1.54) is 0 Å². The van der Waals surface area contributed by atoms with Crippen molar-refractivity contribution in [2.24, 2.45) is 0 Å². The number of rotatable bonds is 10. The van der Waals surface area contributed by atoms with E-state index in [1.807, 2.05) is 30.3 Å². The Morgan fingerprint density at radius 1 is 1.30 bits per heavy atom. The Kier molecular flexibility index (Phi) is 6.35. The molecule has 0 saturated heterocycles. The highest BCUT2D eigenvalue weighted by Gasteiger charge is 2.23. The number of benzene rings is 1. The second kappa shape index (κ2) is 8.73. The zero-order valence-corrected chi connectivity index (χ0v) is 12.8. The molecule has 1 heterocycles. The van der Waals surface area contributed by atoms with Gasteiger partial charge in [0.1, 0.15) is 0 Å². The third-order valence-electron chi connectivity index (χ3n) is 3.56. The van der Waals surface area contributed by atoms with Crippen molar-refractivity contribution in [3.8, 4) is 0 Å². The highest BCUT2D eigenvalue weighted by molar-refractivity contribution is 5.36. The molecule has 122 valence electrons. The molecule has 0 amide bonds. The number of aromatic nitrogens is 1. The summed E-state index contributed by atoms with van der Waals surface area (Å²) in [5, 5.41) is 3.74. The van der Waals surface area contributed by atoms with Gasteiger partial charge in [0.25, 0.3) is 6.47 Å². The zero-order valence-electron chi connectivity index (χ0n) is 12.8. The molecule has 0 saturated carbocycles. The van der Waals surface area contributed by atoms with Gasteiger partial charge in [-0.25, -0.2) is 4.79 Å². The number of carbonyl (C=O) groups is 1. The number of ether oxygens (including phenoxy) is 1. The van der Waals surface area contributed by atoms with Crippen molar-refractivity contribution < 1.29 is 18.5 Å². The SMILES string of the molecule is C=CCc1ccccc1C(CCCCOC=O)c1noc(=O)o1. The van der Waals surface area contributed by atoms with Crippen LogP contribution in [0.2, 0.25) is 0 Å². The van der Waals surface area contributed by atoms with Crippen molar-refractivity contribution in [1.29, 1.82) is 0 Å². The summed E-state index contributed by atoms with van der Waals surface area (Å²) < 4.78 is 14.3. The number of nitrogens with zero attached hydrogens (tertiary/aromatic N) is 1. The largest absolute Gasteiger partial charge is 0.542 e. The first kappa shape index (κ1) is 16.7. The van der Waals surface area contributed by atoms with Crippen molar-refractivity contribution in [1.82, 2.24) is 5.16 Å². The molecule has 0 N–H and O–H groups in total. The zero-order chi connectivity index (χ0) is 16.5. The molecule has 0 fully saturated rings. The average molecular weight is 317 g/mol. The van der Waals surface area contributed by atoms with Crippen LogP contribution in [0.1, 0.15) is 42.2 Å². The first-order chi connectivity index (χ1) is 11.3. The van der Waals surface area contributed by atoms with E-state index >= 15 is 0 Å². The van der Waals surface area contributed by atoms with Crippen LogP contribution >= 0.6 is 0 Å². The maximum atomic E-state index is 11.2. The molecule has 0 aliphatic rings. The van der Waals surface area contributed by atoms with Gasteiger partial charge in [0.05, 0.1) is 12.5 Å². The summed E-state index contributed by atoms with van der Waals surface area (Å²) in [7, 11) is 0. The summed E-state index contributed by atoms with van der Waals surface area (Å²) in [5.41, 5.74) is 2.13. The number of hydrogen-bond acceptors (Lipinski definition) is 6. The molecule has 0 aliphatic carbocycles. The van der Waals surface area contributed by atoms with Crippen molar-refractivity contribution in [2.45, 2.75) is 31.6 Å². The Morgan fingerprint density at radius 3 is 2.83 bits per heavy atom. The number of hydrogen-bond donors (Lipinski definition) is 0. The van der Waals surface area contributed by atoms with Crippen molar-refractivity contribution >= 4 is 6.47 Å². The first-order valence-electron chi connectivity index (χ1n) is 7.47. The minimum absolute atomic E-state index is 0.186. The lowest BCUT2D eigenvalue weighted by molar-refractivity contribution is -0.128. The summed E-state index contributed by atoms with van der Waals surface area (Å²) in [4.78, 5) is 21.3. The van der Waals surface area contributed by atoms with Crippen LogP contribution in [-0.2, 0) is 16.0 Å². The monoisotopic (exact) mass is 317 g/mol. The van der Waals surface area contributed by atoms with Crippen LogP contribution in [0, 0.1) is 0 Å². The minimum atomic E-state index is -0.810. The van der Waals surface area contributed by atoms with Crippen LogP contribution in [0.25, 0.3) is 0 Å². The summed E-state index contributed by atoms with van der Waals surface area (Å²) in [5.74, 6) is -0.730. The van der Waals surface area contributed by atoms with Crippen LogP contribution in [0.15, 0.2) is 50.7 Å². The molecule has 1 atom stereocenters. The number of unbranched alkanes of at least 4 members (excludes halogenated alkanes) is 1.